The van der Waals surface area contributed by atoms with Gasteiger partial charge in [-0.15, -0.1) is 0 Å². The molecule has 2 rings (SSSR count). The van der Waals surface area contributed by atoms with E-state index >= 15 is 0 Å². The van der Waals surface area contributed by atoms with Crippen LogP contribution in [0, 0.1) is 11.8 Å². The zero-order valence-corrected chi connectivity index (χ0v) is 24.8. The Morgan fingerprint density at radius 3 is 2.24 bits per heavy atom. The van der Waals surface area contributed by atoms with Crippen LogP contribution < -0.4 is 5.32 Å². The number of methoxy groups -OCH3 is 1. The molecule has 2 aliphatic heterocycles. The molecule has 2 saturated heterocycles. The van der Waals surface area contributed by atoms with Gasteiger partial charge in [0.15, 0.2) is 0 Å². The van der Waals surface area contributed by atoms with Crippen LogP contribution in [0.3, 0.4) is 0 Å². The summed E-state index contributed by atoms with van der Waals surface area (Å²) >= 11 is 0. The molecule has 0 aliphatic carbocycles. The second-order valence-electron chi connectivity index (χ2n) is 11.9. The molecule has 0 aromatic carbocycles. The molecule has 0 spiro atoms. The van der Waals surface area contributed by atoms with Crippen molar-refractivity contribution in [3.8, 4) is 0 Å². The third-order valence-electron chi connectivity index (χ3n) is 7.97. The summed E-state index contributed by atoms with van der Waals surface area (Å²) in [5, 5.41) is 3.10. The number of hydrogen-bond donors (Lipinski definition) is 1. The highest BCUT2D eigenvalue weighted by Crippen LogP contribution is 2.23. The maximum atomic E-state index is 13.8. The van der Waals surface area contributed by atoms with Gasteiger partial charge in [0.25, 0.3) is 0 Å². The maximum absolute atomic E-state index is 13.8. The van der Waals surface area contributed by atoms with E-state index in [1.165, 1.54) is 0 Å². The average Bonchev–Trinajstić information content (AvgIpc) is 3.32. The maximum Gasteiger partial charge on any atom is 0.249 e. The lowest BCUT2D eigenvalue weighted by molar-refractivity contribution is -0.140. The lowest BCUT2D eigenvalue weighted by atomic mass is 9.95. The lowest BCUT2D eigenvalue weighted by Gasteiger charge is -2.39. The zero-order valence-electron chi connectivity index (χ0n) is 24.8. The highest BCUT2D eigenvalue weighted by Gasteiger charge is 2.36. The normalized spacial score (nSPS) is 23.0. The van der Waals surface area contributed by atoms with Crippen LogP contribution in [-0.4, -0.2) is 96.5 Å². The molecule has 0 radical (unpaired) electrons. The van der Waals surface area contributed by atoms with Gasteiger partial charge in [-0.25, -0.2) is 0 Å². The Balaban J connectivity index is 2.19. The second kappa shape index (κ2) is 14.3. The minimum atomic E-state index is -0.622. The van der Waals surface area contributed by atoms with Gasteiger partial charge in [-0.1, -0.05) is 40.2 Å². The van der Waals surface area contributed by atoms with E-state index < -0.39 is 6.04 Å². The summed E-state index contributed by atoms with van der Waals surface area (Å²) in [4.78, 5) is 46.2. The molecular formula is C29H52N4O4. The summed E-state index contributed by atoms with van der Waals surface area (Å²) in [6, 6.07) is -0.705. The summed E-state index contributed by atoms with van der Waals surface area (Å²) in [5.41, 5.74) is 0.640. The van der Waals surface area contributed by atoms with E-state index in [-0.39, 0.29) is 53.7 Å². The summed E-state index contributed by atoms with van der Waals surface area (Å²) in [5.74, 6) is -0.137. The molecule has 212 valence electrons. The SMILES string of the molecule is COC[C@@H]1CCCN1C(=O)/C(C)=C/[C@H](C(C)C)N(C)C(=O)[C@@H](NC(=O)C1CCCCN1C(C)C)C(C)C. The number of amides is 3. The Bertz CT molecular complexity index is 810. The van der Waals surface area contributed by atoms with Crippen LogP contribution in [0.4, 0.5) is 0 Å². The van der Waals surface area contributed by atoms with Gasteiger partial charge in [0, 0.05) is 32.3 Å². The first-order valence-electron chi connectivity index (χ1n) is 14.2. The molecule has 2 heterocycles. The number of piperidine rings is 1. The topological polar surface area (TPSA) is 82.2 Å². The monoisotopic (exact) mass is 520 g/mol. The number of carbonyl (C=O) groups excluding carboxylic acids is 3. The molecule has 8 nitrogen and oxygen atoms in total. The Labute approximate surface area is 225 Å². The minimum absolute atomic E-state index is 0.00540. The number of likely N-dealkylation sites (tertiary alicyclic amines) is 2. The van der Waals surface area contributed by atoms with E-state index in [0.717, 1.165) is 45.2 Å². The number of hydrogen-bond acceptors (Lipinski definition) is 5. The largest absolute Gasteiger partial charge is 0.383 e. The van der Waals surface area contributed by atoms with Gasteiger partial charge in [0.2, 0.25) is 17.7 Å². The van der Waals surface area contributed by atoms with Gasteiger partial charge in [-0.05, 0) is 64.8 Å². The van der Waals surface area contributed by atoms with Crippen LogP contribution in [0.2, 0.25) is 0 Å². The van der Waals surface area contributed by atoms with Crippen molar-refractivity contribution >= 4 is 17.7 Å². The van der Waals surface area contributed by atoms with Crippen LogP contribution in [0.5, 0.6) is 0 Å². The molecule has 3 amide bonds. The first kappa shape index (κ1) is 31.3. The zero-order chi connectivity index (χ0) is 27.9. The highest BCUT2D eigenvalue weighted by atomic mass is 16.5. The highest BCUT2D eigenvalue weighted by molar-refractivity contribution is 5.94. The van der Waals surface area contributed by atoms with E-state index in [0.29, 0.717) is 12.2 Å². The number of nitrogens with zero attached hydrogens (tertiary/aromatic N) is 3. The van der Waals surface area contributed by atoms with Crippen molar-refractivity contribution in [1.82, 2.24) is 20.0 Å². The molecule has 8 heteroatoms. The Kier molecular flexibility index (Phi) is 12.1. The molecule has 4 atom stereocenters. The fourth-order valence-electron chi connectivity index (χ4n) is 5.76. The Morgan fingerprint density at radius 1 is 1.00 bits per heavy atom. The average molecular weight is 521 g/mol. The first-order chi connectivity index (χ1) is 17.4. The molecule has 0 aromatic heterocycles. The molecule has 0 bridgehead atoms. The fourth-order valence-corrected chi connectivity index (χ4v) is 5.76. The third-order valence-corrected chi connectivity index (χ3v) is 7.97. The smallest absolute Gasteiger partial charge is 0.249 e. The number of carbonyl (C=O) groups is 3. The van der Waals surface area contributed by atoms with Gasteiger partial charge >= 0.3 is 0 Å². The molecule has 0 aromatic rings. The van der Waals surface area contributed by atoms with E-state index in [1.807, 2.05) is 31.7 Å². The molecule has 2 fully saturated rings. The molecule has 0 saturated carbocycles. The summed E-state index contributed by atoms with van der Waals surface area (Å²) in [6.45, 7) is 16.3. The van der Waals surface area contributed by atoms with Crippen LogP contribution in [0.15, 0.2) is 11.6 Å². The van der Waals surface area contributed by atoms with Crippen molar-refractivity contribution in [1.29, 1.82) is 0 Å². The Morgan fingerprint density at radius 2 is 1.68 bits per heavy atom. The number of nitrogens with one attached hydrogen (secondary N) is 1. The Hall–Kier alpha value is -1.93. The third kappa shape index (κ3) is 8.03. The van der Waals surface area contributed by atoms with E-state index in [2.05, 4.69) is 37.9 Å². The van der Waals surface area contributed by atoms with Crippen molar-refractivity contribution in [2.75, 3.05) is 33.9 Å². The van der Waals surface area contributed by atoms with Crippen LogP contribution in [0.25, 0.3) is 0 Å². The van der Waals surface area contributed by atoms with Crippen LogP contribution >= 0.6 is 0 Å². The molecule has 37 heavy (non-hydrogen) atoms. The molecule has 1 N–H and O–H groups in total. The van der Waals surface area contributed by atoms with Gasteiger partial charge in [-0.3, -0.25) is 19.3 Å². The fraction of sp³-hybridized carbons (Fsp3) is 0.828. The summed E-state index contributed by atoms with van der Waals surface area (Å²) in [6.07, 6.45) is 6.79. The van der Waals surface area contributed by atoms with Crippen LogP contribution in [-0.2, 0) is 19.1 Å². The van der Waals surface area contributed by atoms with Crippen molar-refractivity contribution in [2.24, 2.45) is 11.8 Å². The van der Waals surface area contributed by atoms with Crippen molar-refractivity contribution in [3.63, 3.8) is 0 Å². The summed E-state index contributed by atoms with van der Waals surface area (Å²) in [7, 11) is 3.45. The number of likely N-dealkylation sites (N-methyl/N-ethyl adjacent to an activating group) is 1. The van der Waals surface area contributed by atoms with Crippen molar-refractivity contribution < 1.29 is 19.1 Å². The van der Waals surface area contributed by atoms with Gasteiger partial charge in [-0.2, -0.15) is 0 Å². The number of rotatable bonds is 11. The summed E-state index contributed by atoms with van der Waals surface area (Å²) < 4.78 is 5.31. The quantitative estimate of drug-likeness (QED) is 0.422. The number of ether oxygens (including phenoxy) is 1. The molecule has 1 unspecified atom stereocenters. The van der Waals surface area contributed by atoms with Crippen LogP contribution in [0.1, 0.15) is 80.6 Å². The molecular weight excluding hydrogens is 468 g/mol. The molecule has 2 aliphatic rings. The predicted octanol–water partition coefficient (Wildman–Crippen LogP) is 3.46. The minimum Gasteiger partial charge on any atom is -0.383 e. The van der Waals surface area contributed by atoms with Gasteiger partial charge < -0.3 is 19.9 Å². The van der Waals surface area contributed by atoms with Crippen molar-refractivity contribution in [3.05, 3.63) is 11.6 Å². The van der Waals surface area contributed by atoms with E-state index in [1.54, 1.807) is 19.1 Å². The second-order valence-corrected chi connectivity index (χ2v) is 11.9. The van der Waals surface area contributed by atoms with E-state index in [4.69, 9.17) is 4.74 Å². The van der Waals surface area contributed by atoms with Gasteiger partial charge in [0.05, 0.1) is 24.7 Å². The lowest BCUT2D eigenvalue weighted by Crippen LogP contribution is -2.58. The van der Waals surface area contributed by atoms with Crippen molar-refractivity contribution in [2.45, 2.75) is 111 Å². The van der Waals surface area contributed by atoms with E-state index in [9.17, 15) is 14.4 Å². The van der Waals surface area contributed by atoms with Gasteiger partial charge in [0.1, 0.15) is 6.04 Å². The first-order valence-corrected chi connectivity index (χ1v) is 14.2. The predicted molar refractivity (Wildman–Crippen MR) is 148 cm³/mol. The standard InChI is InChI=1S/C29H52N4O4/c1-19(2)25(17-22(7)28(35)33-16-12-13-23(33)18-37-9)31(8)29(36)26(20(3)4)30-27(34)24-14-10-11-15-32(24)21(5)6/h17,19-21,23-26H,10-16,18H2,1-9H3,(H,30,34)/b22-17+/t23-,24?,25+,26-/m0/s1.